The van der Waals surface area contributed by atoms with Crippen molar-refractivity contribution in [2.75, 3.05) is 39.8 Å². The molecule has 0 aliphatic carbocycles. The van der Waals surface area contributed by atoms with Crippen molar-refractivity contribution in [3.05, 3.63) is 70.6 Å². The van der Waals surface area contributed by atoms with Gasteiger partial charge in [-0.05, 0) is 30.9 Å². The second kappa shape index (κ2) is 13.5. The topological polar surface area (TPSA) is 52.9 Å². The first-order valence-corrected chi connectivity index (χ1v) is 11.1. The number of benzene rings is 1. The molecular weight excluding hydrogens is 501 g/mol. The van der Waals surface area contributed by atoms with Crippen molar-refractivity contribution in [3.63, 3.8) is 0 Å². The first kappa shape index (κ1) is 25.4. The third-order valence-corrected chi connectivity index (χ3v) is 5.85. The van der Waals surface area contributed by atoms with E-state index in [1.54, 1.807) is 16.7 Å². The Balaban J connectivity index is 0.00000341. The molecule has 1 unspecified atom stereocenters. The third-order valence-electron chi connectivity index (χ3n) is 5.85. The van der Waals surface area contributed by atoms with Gasteiger partial charge in [-0.15, -0.1) is 24.0 Å². The van der Waals surface area contributed by atoms with Gasteiger partial charge in [0.25, 0.3) is 0 Å². The minimum atomic E-state index is 0. The van der Waals surface area contributed by atoms with Gasteiger partial charge in [0.1, 0.15) is 0 Å². The van der Waals surface area contributed by atoms with Crippen LogP contribution in [0, 0.1) is 0 Å². The van der Waals surface area contributed by atoms with Gasteiger partial charge in [-0.2, -0.15) is 0 Å². The molecule has 6 nitrogen and oxygen atoms in total. The van der Waals surface area contributed by atoms with Gasteiger partial charge in [-0.25, -0.2) is 0 Å². The number of hydrogen-bond acceptors (Lipinski definition) is 3. The normalized spacial score (nSPS) is 15.9. The van der Waals surface area contributed by atoms with E-state index in [1.165, 1.54) is 5.56 Å². The number of unbranched alkanes of at least 4 members (excludes halogenated alkanes) is 1. The molecule has 1 aromatic heterocycles. The quantitative estimate of drug-likeness (QED) is 0.242. The van der Waals surface area contributed by atoms with E-state index in [-0.39, 0.29) is 29.5 Å². The first-order valence-electron chi connectivity index (χ1n) is 11.1. The van der Waals surface area contributed by atoms with Crippen molar-refractivity contribution in [1.29, 1.82) is 0 Å². The molecule has 7 heteroatoms. The van der Waals surface area contributed by atoms with E-state index >= 15 is 0 Å². The predicted octanol–water partition coefficient (Wildman–Crippen LogP) is 3.59. The molecule has 1 aliphatic heterocycles. The van der Waals surface area contributed by atoms with Crippen molar-refractivity contribution in [2.24, 2.45) is 4.99 Å². The molecule has 1 fully saturated rings. The lowest BCUT2D eigenvalue weighted by molar-refractivity contribution is 0.127. The Hall–Kier alpha value is -1.87. The number of halogens is 1. The van der Waals surface area contributed by atoms with Crippen LogP contribution in [0.15, 0.2) is 64.5 Å². The van der Waals surface area contributed by atoms with Crippen LogP contribution in [0.3, 0.4) is 0 Å². The highest BCUT2D eigenvalue weighted by molar-refractivity contribution is 14.0. The number of nitrogens with one attached hydrogen (secondary N) is 1. The molecule has 31 heavy (non-hydrogen) atoms. The highest BCUT2D eigenvalue weighted by Gasteiger charge is 2.25. The summed E-state index contributed by atoms with van der Waals surface area (Å²) in [7, 11) is 1.86. The Labute approximate surface area is 203 Å². The molecule has 1 saturated heterocycles. The van der Waals surface area contributed by atoms with E-state index in [9.17, 15) is 4.79 Å². The molecule has 1 aromatic carbocycles. The lowest BCUT2D eigenvalue weighted by atomic mass is 10.0. The van der Waals surface area contributed by atoms with E-state index < -0.39 is 0 Å². The van der Waals surface area contributed by atoms with E-state index in [4.69, 9.17) is 0 Å². The zero-order valence-corrected chi connectivity index (χ0v) is 21.1. The van der Waals surface area contributed by atoms with Crippen molar-refractivity contribution in [1.82, 2.24) is 19.7 Å². The summed E-state index contributed by atoms with van der Waals surface area (Å²) in [5.41, 5.74) is 1.48. The van der Waals surface area contributed by atoms with Crippen LogP contribution in [0.25, 0.3) is 0 Å². The standard InChI is InChI=1S/C24H35N5O.HI/c1-3-22(21-11-5-4-6-12-21)27-17-19-29(20-18-27)24(25-2)26-14-8-10-16-28-15-9-7-13-23(28)30;/h4-7,9,11-13,15,22H,3,8,10,14,16-20H2,1-2H3,(H,25,26);1H. The number of aliphatic imine (C=N–C) groups is 1. The molecule has 170 valence electrons. The highest BCUT2D eigenvalue weighted by atomic mass is 127. The van der Waals surface area contributed by atoms with Crippen LogP contribution in [-0.2, 0) is 6.54 Å². The second-order valence-corrected chi connectivity index (χ2v) is 7.77. The molecule has 0 radical (unpaired) electrons. The van der Waals surface area contributed by atoms with Crippen LogP contribution >= 0.6 is 24.0 Å². The van der Waals surface area contributed by atoms with Crippen LogP contribution in [0.1, 0.15) is 37.8 Å². The molecule has 0 amide bonds. The third kappa shape index (κ3) is 7.35. The predicted molar refractivity (Wildman–Crippen MR) is 139 cm³/mol. The van der Waals surface area contributed by atoms with Crippen molar-refractivity contribution in [2.45, 2.75) is 38.8 Å². The van der Waals surface area contributed by atoms with Crippen molar-refractivity contribution >= 4 is 29.9 Å². The maximum atomic E-state index is 11.7. The Morgan fingerprint density at radius 2 is 1.74 bits per heavy atom. The van der Waals surface area contributed by atoms with E-state index in [0.29, 0.717) is 6.04 Å². The maximum absolute atomic E-state index is 11.7. The summed E-state index contributed by atoms with van der Waals surface area (Å²) in [5, 5.41) is 3.50. The van der Waals surface area contributed by atoms with Gasteiger partial charge in [0, 0.05) is 64.6 Å². The van der Waals surface area contributed by atoms with Gasteiger partial charge in [0.2, 0.25) is 5.56 Å². The Morgan fingerprint density at radius 3 is 2.39 bits per heavy atom. The van der Waals surface area contributed by atoms with Gasteiger partial charge >= 0.3 is 0 Å². The summed E-state index contributed by atoms with van der Waals surface area (Å²) in [6.45, 7) is 7.97. The number of rotatable bonds is 8. The first-order chi connectivity index (χ1) is 14.7. The van der Waals surface area contributed by atoms with Crippen LogP contribution in [0.5, 0.6) is 0 Å². The molecular formula is C24H36IN5O. The van der Waals surface area contributed by atoms with Crippen LogP contribution in [-0.4, -0.2) is 60.1 Å². The maximum Gasteiger partial charge on any atom is 0.250 e. The Morgan fingerprint density at radius 1 is 1.03 bits per heavy atom. The minimum absolute atomic E-state index is 0. The number of pyridine rings is 1. The van der Waals surface area contributed by atoms with Crippen LogP contribution in [0.4, 0.5) is 0 Å². The number of aryl methyl sites for hydroxylation is 1. The molecule has 3 rings (SSSR count). The fourth-order valence-electron chi connectivity index (χ4n) is 4.21. The van der Waals surface area contributed by atoms with Crippen molar-refractivity contribution in [3.8, 4) is 0 Å². The molecule has 2 heterocycles. The smallest absolute Gasteiger partial charge is 0.250 e. The molecule has 2 aromatic rings. The van der Waals surface area contributed by atoms with E-state index in [1.807, 2.05) is 19.3 Å². The Kier molecular flexibility index (Phi) is 11.1. The molecule has 0 saturated carbocycles. The summed E-state index contributed by atoms with van der Waals surface area (Å²) in [6, 6.07) is 16.6. The summed E-state index contributed by atoms with van der Waals surface area (Å²) in [6.07, 6.45) is 4.96. The molecule has 0 bridgehead atoms. The summed E-state index contributed by atoms with van der Waals surface area (Å²) >= 11 is 0. The minimum Gasteiger partial charge on any atom is -0.356 e. The number of hydrogen-bond donors (Lipinski definition) is 1. The number of aromatic nitrogens is 1. The van der Waals surface area contributed by atoms with Crippen molar-refractivity contribution < 1.29 is 0 Å². The zero-order chi connectivity index (χ0) is 21.2. The van der Waals surface area contributed by atoms with Gasteiger partial charge in [-0.1, -0.05) is 43.3 Å². The molecule has 1 aliphatic rings. The summed E-state index contributed by atoms with van der Waals surface area (Å²) < 4.78 is 1.77. The Bertz CT molecular complexity index is 846. The van der Waals surface area contributed by atoms with Gasteiger partial charge < -0.3 is 14.8 Å². The van der Waals surface area contributed by atoms with E-state index in [2.05, 4.69) is 57.4 Å². The fraction of sp³-hybridized carbons (Fsp3) is 0.500. The largest absolute Gasteiger partial charge is 0.356 e. The van der Waals surface area contributed by atoms with Gasteiger partial charge in [-0.3, -0.25) is 14.7 Å². The van der Waals surface area contributed by atoms with Gasteiger partial charge in [0.15, 0.2) is 5.96 Å². The van der Waals surface area contributed by atoms with Crippen LogP contribution in [0.2, 0.25) is 0 Å². The fourth-order valence-corrected chi connectivity index (χ4v) is 4.21. The number of nitrogens with zero attached hydrogens (tertiary/aromatic N) is 4. The number of guanidine groups is 1. The highest BCUT2D eigenvalue weighted by Crippen LogP contribution is 2.25. The average molecular weight is 537 g/mol. The SMILES string of the molecule is CCC(c1ccccc1)N1CCN(C(=NC)NCCCCn2ccccc2=O)CC1.I. The zero-order valence-electron chi connectivity index (χ0n) is 18.7. The lowest BCUT2D eigenvalue weighted by Crippen LogP contribution is -2.53. The molecule has 0 spiro atoms. The molecule has 1 atom stereocenters. The lowest BCUT2D eigenvalue weighted by Gasteiger charge is -2.40. The van der Waals surface area contributed by atoms with Crippen LogP contribution < -0.4 is 10.9 Å². The summed E-state index contributed by atoms with van der Waals surface area (Å²) in [4.78, 5) is 21.2. The second-order valence-electron chi connectivity index (χ2n) is 7.77. The van der Waals surface area contributed by atoms with Gasteiger partial charge in [0.05, 0.1) is 0 Å². The van der Waals surface area contributed by atoms with E-state index in [0.717, 1.165) is 64.5 Å². The monoisotopic (exact) mass is 537 g/mol. The number of piperazine rings is 1. The summed E-state index contributed by atoms with van der Waals surface area (Å²) in [5.74, 6) is 0.985. The molecule has 1 N–H and O–H groups in total. The average Bonchev–Trinajstić information content (AvgIpc) is 2.79.